The van der Waals surface area contributed by atoms with Crippen LogP contribution in [0.2, 0.25) is 0 Å². The summed E-state index contributed by atoms with van der Waals surface area (Å²) in [5.74, 6) is -2.14. The number of allylic oxidation sites excluding steroid dienone is 1. The molecule has 9 heteroatoms. The summed E-state index contributed by atoms with van der Waals surface area (Å²) in [6.07, 6.45) is 4.64. The fourth-order valence-electron chi connectivity index (χ4n) is 5.03. The second-order valence-corrected chi connectivity index (χ2v) is 8.15. The highest BCUT2D eigenvalue weighted by molar-refractivity contribution is 5.96. The molecule has 3 rings (SSSR count). The highest BCUT2D eigenvalue weighted by atomic mass is 16.5. The van der Waals surface area contributed by atoms with Crippen molar-refractivity contribution in [2.45, 2.75) is 19.4 Å². The molecule has 168 valence electrons. The zero-order chi connectivity index (χ0) is 21.7. The minimum Gasteiger partial charge on any atom is -0.395 e. The van der Waals surface area contributed by atoms with E-state index in [1.54, 1.807) is 7.05 Å². The lowest BCUT2D eigenvalue weighted by atomic mass is 9.69. The van der Waals surface area contributed by atoms with Gasteiger partial charge in [-0.25, -0.2) is 0 Å². The number of ether oxygens (including phenoxy) is 1. The van der Waals surface area contributed by atoms with Crippen LogP contribution in [0.4, 0.5) is 0 Å². The molecular weight excluding hydrogens is 388 g/mol. The van der Waals surface area contributed by atoms with Crippen LogP contribution in [0, 0.1) is 23.7 Å². The van der Waals surface area contributed by atoms with Crippen LogP contribution in [0.25, 0.3) is 0 Å². The number of aliphatic hydroxyl groups is 1. The van der Waals surface area contributed by atoms with Crippen LogP contribution < -0.4 is 10.6 Å². The van der Waals surface area contributed by atoms with Crippen molar-refractivity contribution in [3.8, 4) is 0 Å². The van der Waals surface area contributed by atoms with E-state index in [0.29, 0.717) is 19.8 Å². The van der Waals surface area contributed by atoms with Gasteiger partial charge in [0.1, 0.15) is 6.04 Å². The second-order valence-electron chi connectivity index (χ2n) is 8.15. The zero-order valence-corrected chi connectivity index (χ0v) is 17.9. The van der Waals surface area contributed by atoms with Gasteiger partial charge in [-0.05, 0) is 12.3 Å². The van der Waals surface area contributed by atoms with Gasteiger partial charge < -0.3 is 25.4 Å². The lowest BCUT2D eigenvalue weighted by Gasteiger charge is -2.33. The van der Waals surface area contributed by atoms with E-state index in [0.717, 1.165) is 26.1 Å². The Labute approximate surface area is 177 Å². The molecule has 0 unspecified atom stereocenters. The standard InChI is InChI=1S/C21H34N4O5/c1-3-14-4-5-15-17(16(14)19(27)22-2)21(29)25(8-11-26)18(15)20(28)23-6-7-24-9-12-30-13-10-24/h4-5,14-18,26H,3,6-13H2,1-2H3,(H,22,27)(H,23,28)/t14-,15+,16-,17+,18+/m1/s1. The van der Waals surface area contributed by atoms with Gasteiger partial charge in [0, 0.05) is 45.7 Å². The molecule has 0 saturated carbocycles. The van der Waals surface area contributed by atoms with E-state index in [1.807, 2.05) is 19.1 Å². The van der Waals surface area contributed by atoms with Gasteiger partial charge in [-0.1, -0.05) is 19.1 Å². The Kier molecular flexibility index (Phi) is 7.85. The number of hydrogen-bond acceptors (Lipinski definition) is 6. The lowest BCUT2D eigenvalue weighted by molar-refractivity contribution is -0.141. The van der Waals surface area contributed by atoms with Crippen LogP contribution in [0.3, 0.4) is 0 Å². The number of carbonyl (C=O) groups excluding carboxylic acids is 3. The molecule has 0 aromatic heterocycles. The minimum atomic E-state index is -0.708. The van der Waals surface area contributed by atoms with Crippen molar-refractivity contribution in [2.75, 3.05) is 59.6 Å². The molecule has 3 N–H and O–H groups in total. The molecule has 5 atom stereocenters. The van der Waals surface area contributed by atoms with Crippen molar-refractivity contribution in [1.82, 2.24) is 20.4 Å². The Hall–Kier alpha value is -1.97. The molecule has 1 aliphatic carbocycles. The Bertz CT molecular complexity index is 664. The van der Waals surface area contributed by atoms with Crippen molar-refractivity contribution in [3.63, 3.8) is 0 Å². The Balaban J connectivity index is 1.75. The Morgan fingerprint density at radius 1 is 1.20 bits per heavy atom. The molecule has 2 heterocycles. The first-order chi connectivity index (χ1) is 14.5. The first-order valence-corrected chi connectivity index (χ1v) is 10.9. The summed E-state index contributed by atoms with van der Waals surface area (Å²) in [5.41, 5.74) is 0. The van der Waals surface area contributed by atoms with E-state index in [4.69, 9.17) is 4.74 Å². The molecule has 0 aromatic rings. The van der Waals surface area contributed by atoms with Crippen molar-refractivity contribution >= 4 is 17.7 Å². The predicted octanol–water partition coefficient (Wildman–Crippen LogP) is -1.17. The quantitative estimate of drug-likeness (QED) is 0.425. The number of amides is 3. The largest absolute Gasteiger partial charge is 0.395 e. The topological polar surface area (TPSA) is 111 Å². The third kappa shape index (κ3) is 4.53. The van der Waals surface area contributed by atoms with Crippen molar-refractivity contribution < 1.29 is 24.2 Å². The van der Waals surface area contributed by atoms with Gasteiger partial charge >= 0.3 is 0 Å². The van der Waals surface area contributed by atoms with Crippen LogP contribution in [-0.4, -0.2) is 98.3 Å². The smallest absolute Gasteiger partial charge is 0.243 e. The van der Waals surface area contributed by atoms with Crippen molar-refractivity contribution in [3.05, 3.63) is 12.2 Å². The van der Waals surface area contributed by atoms with Crippen LogP contribution >= 0.6 is 0 Å². The van der Waals surface area contributed by atoms with Crippen LogP contribution in [-0.2, 0) is 19.1 Å². The maximum Gasteiger partial charge on any atom is 0.243 e. The molecule has 9 nitrogen and oxygen atoms in total. The summed E-state index contributed by atoms with van der Waals surface area (Å²) in [6, 6.07) is -0.708. The number of carbonyl (C=O) groups is 3. The molecule has 0 radical (unpaired) electrons. The summed E-state index contributed by atoms with van der Waals surface area (Å²) >= 11 is 0. The summed E-state index contributed by atoms with van der Waals surface area (Å²) < 4.78 is 5.34. The molecule has 30 heavy (non-hydrogen) atoms. The molecular formula is C21H34N4O5. The van der Waals surface area contributed by atoms with Crippen molar-refractivity contribution in [1.29, 1.82) is 0 Å². The first-order valence-electron chi connectivity index (χ1n) is 10.9. The third-order valence-corrected chi connectivity index (χ3v) is 6.57. The predicted molar refractivity (Wildman–Crippen MR) is 110 cm³/mol. The van der Waals surface area contributed by atoms with E-state index in [1.165, 1.54) is 4.90 Å². The second kappa shape index (κ2) is 10.4. The number of likely N-dealkylation sites (tertiary alicyclic amines) is 1. The number of rotatable bonds is 8. The van der Waals surface area contributed by atoms with Gasteiger partial charge in [-0.2, -0.15) is 0 Å². The number of nitrogens with zero attached hydrogens (tertiary/aromatic N) is 2. The van der Waals surface area contributed by atoms with Gasteiger partial charge in [-0.15, -0.1) is 0 Å². The van der Waals surface area contributed by atoms with Crippen LogP contribution in [0.5, 0.6) is 0 Å². The normalized spacial score (nSPS) is 31.5. The SMILES string of the molecule is CC[C@@H]1C=C[C@H]2[C@H](C(=O)N(CCO)[C@@H]2C(=O)NCCN2CCOCC2)[C@@H]1C(=O)NC. The Morgan fingerprint density at radius 3 is 2.57 bits per heavy atom. The summed E-state index contributed by atoms with van der Waals surface area (Å²) in [6.45, 7) is 6.13. The average molecular weight is 423 g/mol. The van der Waals surface area contributed by atoms with Crippen LogP contribution in [0.15, 0.2) is 12.2 Å². The van der Waals surface area contributed by atoms with Gasteiger partial charge in [0.25, 0.3) is 0 Å². The molecule has 3 amide bonds. The maximum atomic E-state index is 13.3. The zero-order valence-electron chi connectivity index (χ0n) is 17.9. The van der Waals surface area contributed by atoms with Gasteiger partial charge in [-0.3, -0.25) is 19.3 Å². The Morgan fingerprint density at radius 2 is 1.93 bits per heavy atom. The van der Waals surface area contributed by atoms with E-state index < -0.39 is 17.9 Å². The number of morpholine rings is 1. The molecule has 2 aliphatic heterocycles. The summed E-state index contributed by atoms with van der Waals surface area (Å²) in [4.78, 5) is 42.7. The molecule has 0 spiro atoms. The van der Waals surface area contributed by atoms with Crippen LogP contribution in [0.1, 0.15) is 13.3 Å². The lowest BCUT2D eigenvalue weighted by Crippen LogP contribution is -2.50. The van der Waals surface area contributed by atoms with E-state index in [2.05, 4.69) is 15.5 Å². The van der Waals surface area contributed by atoms with E-state index in [9.17, 15) is 19.5 Å². The first kappa shape index (κ1) is 22.7. The number of fused-ring (bicyclic) bond motifs is 1. The number of hydrogen-bond donors (Lipinski definition) is 3. The van der Waals surface area contributed by atoms with Crippen molar-refractivity contribution in [2.24, 2.45) is 23.7 Å². The summed E-state index contributed by atoms with van der Waals surface area (Å²) in [5, 5.41) is 15.2. The highest BCUT2D eigenvalue weighted by Gasteiger charge is 2.56. The number of nitrogens with one attached hydrogen (secondary N) is 2. The maximum absolute atomic E-state index is 13.3. The van der Waals surface area contributed by atoms with Gasteiger partial charge in [0.05, 0.1) is 31.7 Å². The number of aliphatic hydroxyl groups excluding tert-OH is 1. The molecule has 2 saturated heterocycles. The van der Waals surface area contributed by atoms with Gasteiger partial charge in [0.2, 0.25) is 17.7 Å². The molecule has 0 bridgehead atoms. The fraction of sp³-hybridized carbons (Fsp3) is 0.762. The monoisotopic (exact) mass is 422 g/mol. The van der Waals surface area contributed by atoms with Gasteiger partial charge in [0.15, 0.2) is 0 Å². The minimum absolute atomic E-state index is 0.0470. The van der Waals surface area contributed by atoms with E-state index in [-0.39, 0.29) is 42.7 Å². The molecule has 3 aliphatic rings. The summed E-state index contributed by atoms with van der Waals surface area (Å²) in [7, 11) is 1.57. The van der Waals surface area contributed by atoms with E-state index >= 15 is 0 Å². The molecule has 2 fully saturated rings. The fourth-order valence-corrected chi connectivity index (χ4v) is 5.03. The third-order valence-electron chi connectivity index (χ3n) is 6.57. The average Bonchev–Trinajstić information content (AvgIpc) is 3.05. The number of β-amino-alcohol motifs (C(OH)–C–C–N with tert-alkyl or cyclic N) is 1. The molecule has 0 aromatic carbocycles. The highest BCUT2D eigenvalue weighted by Crippen LogP contribution is 2.44.